The Kier molecular flexibility index (Phi) is 3.91. The van der Waals surface area contributed by atoms with E-state index in [0.29, 0.717) is 12.3 Å². The van der Waals surface area contributed by atoms with E-state index < -0.39 is 10.0 Å². The molecule has 6 nitrogen and oxygen atoms in total. The van der Waals surface area contributed by atoms with Crippen LogP contribution in [0.1, 0.15) is 10.6 Å². The molecule has 0 unspecified atom stereocenters. The van der Waals surface area contributed by atoms with E-state index in [0.717, 1.165) is 4.88 Å². The Morgan fingerprint density at radius 2 is 2.19 bits per heavy atom. The zero-order valence-electron chi connectivity index (χ0n) is 11.0. The predicted octanol–water partition coefficient (Wildman–Crippen LogP) is 2.46. The maximum atomic E-state index is 12.7. The number of hydrogen-bond acceptors (Lipinski definition) is 5. The summed E-state index contributed by atoms with van der Waals surface area (Å²) in [4.78, 5) is 1.11. The van der Waals surface area contributed by atoms with Crippen LogP contribution in [0.4, 0.5) is 0 Å². The molecule has 0 aromatic carbocycles. The summed E-state index contributed by atoms with van der Waals surface area (Å²) in [5.74, 6) is 0.596. The van der Waals surface area contributed by atoms with Crippen LogP contribution in [-0.2, 0) is 23.1 Å². The Morgan fingerprint density at radius 3 is 2.81 bits per heavy atom. The molecule has 0 saturated heterocycles. The minimum atomic E-state index is -3.62. The Labute approximate surface area is 126 Å². The van der Waals surface area contributed by atoms with Crippen molar-refractivity contribution in [2.24, 2.45) is 0 Å². The number of nitrogens with zero attached hydrogens (tertiary/aromatic N) is 2. The van der Waals surface area contributed by atoms with Crippen molar-refractivity contribution in [2.75, 3.05) is 0 Å². The van der Waals surface area contributed by atoms with Crippen LogP contribution in [0.5, 0.6) is 0 Å². The highest BCUT2D eigenvalue weighted by Crippen LogP contribution is 2.22. The molecule has 110 valence electrons. The van der Waals surface area contributed by atoms with Crippen molar-refractivity contribution in [2.45, 2.75) is 18.0 Å². The van der Waals surface area contributed by atoms with Gasteiger partial charge in [-0.15, -0.1) is 11.3 Å². The molecule has 0 aliphatic rings. The second-order valence-corrected chi connectivity index (χ2v) is 7.34. The molecule has 1 N–H and O–H groups in total. The van der Waals surface area contributed by atoms with Gasteiger partial charge in [-0.25, -0.2) is 8.42 Å². The summed E-state index contributed by atoms with van der Waals surface area (Å²) in [6, 6.07) is 7.30. The topological polar surface area (TPSA) is 79.2 Å². The van der Waals surface area contributed by atoms with Gasteiger partial charge < -0.3 is 4.42 Å². The first kappa shape index (κ1) is 14.1. The van der Waals surface area contributed by atoms with Gasteiger partial charge in [0.15, 0.2) is 0 Å². The lowest BCUT2D eigenvalue weighted by molar-refractivity contribution is 0.360. The number of H-pyrrole nitrogens is 1. The van der Waals surface area contributed by atoms with Crippen molar-refractivity contribution in [3.63, 3.8) is 0 Å². The molecule has 0 fully saturated rings. The van der Waals surface area contributed by atoms with Crippen molar-refractivity contribution in [1.82, 2.24) is 14.5 Å². The molecule has 0 spiro atoms. The summed E-state index contributed by atoms with van der Waals surface area (Å²) in [5, 5.41) is 8.17. The van der Waals surface area contributed by atoms with Crippen LogP contribution < -0.4 is 0 Å². The third-order valence-electron chi connectivity index (χ3n) is 2.94. The van der Waals surface area contributed by atoms with Gasteiger partial charge in [-0.1, -0.05) is 6.07 Å². The van der Waals surface area contributed by atoms with Crippen molar-refractivity contribution in [1.29, 1.82) is 0 Å². The van der Waals surface area contributed by atoms with E-state index in [-0.39, 0.29) is 11.4 Å². The molecule has 0 saturated carbocycles. The van der Waals surface area contributed by atoms with Crippen molar-refractivity contribution >= 4 is 21.4 Å². The van der Waals surface area contributed by atoms with Crippen LogP contribution >= 0.6 is 11.3 Å². The van der Waals surface area contributed by atoms with Crippen LogP contribution in [0.25, 0.3) is 0 Å². The molecule has 0 aliphatic heterocycles. The normalized spacial score (nSPS) is 12.0. The second kappa shape index (κ2) is 5.84. The van der Waals surface area contributed by atoms with E-state index in [1.807, 2.05) is 17.5 Å². The highest BCUT2D eigenvalue weighted by atomic mass is 32.2. The number of rotatable bonds is 6. The summed E-state index contributed by atoms with van der Waals surface area (Å²) >= 11 is 1.52. The minimum absolute atomic E-state index is 0.144. The monoisotopic (exact) mass is 323 g/mol. The van der Waals surface area contributed by atoms with E-state index in [1.165, 1.54) is 34.3 Å². The summed E-state index contributed by atoms with van der Waals surface area (Å²) in [7, 11) is -3.62. The first-order valence-electron chi connectivity index (χ1n) is 6.20. The van der Waals surface area contributed by atoms with Gasteiger partial charge in [-0.3, -0.25) is 5.10 Å². The minimum Gasteiger partial charge on any atom is -0.468 e. The number of hydrogen-bond donors (Lipinski definition) is 1. The van der Waals surface area contributed by atoms with Gasteiger partial charge in [0.2, 0.25) is 10.0 Å². The smallest absolute Gasteiger partial charge is 0.246 e. The molecule has 3 aromatic heterocycles. The third-order valence-corrected chi connectivity index (χ3v) is 5.55. The summed E-state index contributed by atoms with van der Waals surface area (Å²) < 4.78 is 32.0. The first-order chi connectivity index (χ1) is 10.2. The SMILES string of the molecule is O=S(=O)(c1cn[nH]c1)N(Cc1ccco1)Cc1cccs1. The second-order valence-electron chi connectivity index (χ2n) is 4.37. The molecule has 21 heavy (non-hydrogen) atoms. The van der Waals surface area contributed by atoms with Gasteiger partial charge >= 0.3 is 0 Å². The van der Waals surface area contributed by atoms with Crippen LogP contribution in [0.3, 0.4) is 0 Å². The van der Waals surface area contributed by atoms with Gasteiger partial charge in [0, 0.05) is 17.6 Å². The van der Waals surface area contributed by atoms with Gasteiger partial charge in [0.1, 0.15) is 10.7 Å². The lowest BCUT2D eigenvalue weighted by Gasteiger charge is -2.19. The molecule has 0 radical (unpaired) electrons. The molecule has 8 heteroatoms. The molecule has 3 heterocycles. The Hall–Kier alpha value is -1.90. The molecule has 3 rings (SSSR count). The van der Waals surface area contributed by atoms with Crippen LogP contribution in [0, 0.1) is 0 Å². The number of aromatic amines is 1. The average Bonchev–Trinajstić information content (AvgIpc) is 3.22. The van der Waals surface area contributed by atoms with Crippen LogP contribution in [0.15, 0.2) is 57.6 Å². The lowest BCUT2D eigenvalue weighted by atomic mass is 10.4. The number of sulfonamides is 1. The molecule has 0 bridgehead atoms. The van der Waals surface area contributed by atoms with E-state index in [2.05, 4.69) is 10.2 Å². The van der Waals surface area contributed by atoms with Gasteiger partial charge in [0.05, 0.1) is 19.0 Å². The summed E-state index contributed by atoms with van der Waals surface area (Å²) in [6.45, 7) is 0.476. The number of furan rings is 1. The molecule has 0 atom stereocenters. The fourth-order valence-corrected chi connectivity index (χ4v) is 4.00. The van der Waals surface area contributed by atoms with E-state index >= 15 is 0 Å². The Balaban J connectivity index is 1.91. The average molecular weight is 323 g/mol. The lowest BCUT2D eigenvalue weighted by Crippen LogP contribution is -2.29. The van der Waals surface area contributed by atoms with Crippen molar-refractivity contribution in [3.8, 4) is 0 Å². The maximum absolute atomic E-state index is 12.7. The molecular weight excluding hydrogens is 310 g/mol. The highest BCUT2D eigenvalue weighted by molar-refractivity contribution is 7.89. The van der Waals surface area contributed by atoms with Crippen molar-refractivity contribution < 1.29 is 12.8 Å². The van der Waals surface area contributed by atoms with Gasteiger partial charge in [0.25, 0.3) is 0 Å². The van der Waals surface area contributed by atoms with Gasteiger partial charge in [-0.2, -0.15) is 9.40 Å². The number of aromatic nitrogens is 2. The van der Waals surface area contributed by atoms with Crippen LogP contribution in [0.2, 0.25) is 0 Å². The number of nitrogens with one attached hydrogen (secondary N) is 1. The van der Waals surface area contributed by atoms with Crippen LogP contribution in [-0.4, -0.2) is 22.9 Å². The van der Waals surface area contributed by atoms with Crippen molar-refractivity contribution in [3.05, 3.63) is 58.9 Å². The fraction of sp³-hybridized carbons (Fsp3) is 0.154. The standard InChI is InChI=1S/C13H13N3O3S2/c17-21(18,13-7-14-15-8-13)16(9-11-3-1-5-19-11)10-12-4-2-6-20-12/h1-8H,9-10H2,(H,14,15). The molecular formula is C13H13N3O3S2. The Bertz CT molecular complexity index is 727. The maximum Gasteiger partial charge on any atom is 0.246 e. The van der Waals surface area contributed by atoms with Gasteiger partial charge in [-0.05, 0) is 23.6 Å². The first-order valence-corrected chi connectivity index (χ1v) is 8.52. The third kappa shape index (κ3) is 3.07. The fourth-order valence-electron chi connectivity index (χ4n) is 1.91. The number of thiophene rings is 1. The quantitative estimate of drug-likeness (QED) is 0.756. The molecule has 0 aliphatic carbocycles. The zero-order valence-corrected chi connectivity index (χ0v) is 12.6. The van der Waals surface area contributed by atoms with E-state index in [9.17, 15) is 8.42 Å². The summed E-state index contributed by atoms with van der Waals surface area (Å²) in [5.41, 5.74) is 0. The Morgan fingerprint density at radius 1 is 1.29 bits per heavy atom. The molecule has 0 amide bonds. The highest BCUT2D eigenvalue weighted by Gasteiger charge is 2.26. The largest absolute Gasteiger partial charge is 0.468 e. The summed E-state index contributed by atoms with van der Waals surface area (Å²) in [6.07, 6.45) is 4.21. The van der Waals surface area contributed by atoms with E-state index in [1.54, 1.807) is 12.1 Å². The predicted molar refractivity (Wildman–Crippen MR) is 78.0 cm³/mol. The molecule has 3 aromatic rings. The van der Waals surface area contributed by atoms with E-state index in [4.69, 9.17) is 4.42 Å². The zero-order chi connectivity index (χ0) is 14.7.